The summed E-state index contributed by atoms with van der Waals surface area (Å²) in [5.74, 6) is 0.958. The zero-order chi connectivity index (χ0) is 21.0. The van der Waals surface area contributed by atoms with Crippen molar-refractivity contribution >= 4 is 34.8 Å². The average Bonchev–Trinajstić information content (AvgIpc) is 2.65. The van der Waals surface area contributed by atoms with Crippen LogP contribution in [0, 0.1) is 0 Å². The van der Waals surface area contributed by atoms with Crippen molar-refractivity contribution in [2.24, 2.45) is 0 Å². The van der Waals surface area contributed by atoms with Crippen LogP contribution in [0.1, 0.15) is 13.3 Å². The van der Waals surface area contributed by atoms with Gasteiger partial charge in [0.25, 0.3) is 0 Å². The molecule has 1 amide bonds. The normalized spacial score (nSPS) is 22.2. The maximum Gasteiger partial charge on any atom is 0.238 e. The third-order valence-corrected chi connectivity index (χ3v) is 5.46. The van der Waals surface area contributed by atoms with Gasteiger partial charge in [0.2, 0.25) is 5.91 Å². The molecule has 1 saturated heterocycles. The van der Waals surface area contributed by atoms with Gasteiger partial charge in [0.15, 0.2) is 0 Å². The Kier molecular flexibility index (Phi) is 6.90. The molecule has 2 aromatic rings. The molecule has 0 aromatic heterocycles. The largest absolute Gasteiger partial charge is 0.495 e. The predicted octanol–water partition coefficient (Wildman–Crippen LogP) is 3.84. The topological polar surface area (TPSA) is 71.0 Å². The molecule has 3 rings (SSSR count). The van der Waals surface area contributed by atoms with Crippen molar-refractivity contribution in [1.29, 1.82) is 0 Å². The number of hydrogen-bond donors (Lipinski definition) is 2. The fourth-order valence-electron chi connectivity index (χ4n) is 3.23. The van der Waals surface area contributed by atoms with Crippen molar-refractivity contribution in [2.75, 3.05) is 32.1 Å². The van der Waals surface area contributed by atoms with E-state index in [2.05, 4.69) is 5.32 Å². The third kappa shape index (κ3) is 5.76. The van der Waals surface area contributed by atoms with Crippen LogP contribution in [0.2, 0.25) is 10.0 Å². The summed E-state index contributed by atoms with van der Waals surface area (Å²) in [6.07, 6.45) is -0.00202. The molecule has 0 radical (unpaired) electrons. The van der Waals surface area contributed by atoms with E-state index in [9.17, 15) is 9.90 Å². The Balaban J connectivity index is 1.60. The summed E-state index contributed by atoms with van der Waals surface area (Å²) in [5.41, 5.74) is -0.407. The zero-order valence-corrected chi connectivity index (χ0v) is 17.8. The molecule has 0 saturated carbocycles. The maximum atomic E-state index is 12.5. The summed E-state index contributed by atoms with van der Waals surface area (Å²) >= 11 is 12.1. The van der Waals surface area contributed by atoms with E-state index in [4.69, 9.17) is 32.7 Å². The van der Waals surface area contributed by atoms with E-state index in [1.807, 2.05) is 4.90 Å². The highest BCUT2D eigenvalue weighted by Gasteiger charge is 2.39. The summed E-state index contributed by atoms with van der Waals surface area (Å²) in [4.78, 5) is 14.4. The van der Waals surface area contributed by atoms with E-state index >= 15 is 0 Å². The molecule has 8 heteroatoms. The zero-order valence-electron chi connectivity index (χ0n) is 16.3. The number of nitrogens with one attached hydrogen (secondary N) is 1. The minimum atomic E-state index is -1.00. The molecule has 1 aliphatic rings. The van der Waals surface area contributed by atoms with Gasteiger partial charge < -0.3 is 19.9 Å². The van der Waals surface area contributed by atoms with Crippen molar-refractivity contribution in [1.82, 2.24) is 4.90 Å². The number of methoxy groups -OCH3 is 1. The minimum absolute atomic E-state index is 0.172. The molecule has 0 unspecified atom stereocenters. The first-order valence-corrected chi connectivity index (χ1v) is 10.0. The van der Waals surface area contributed by atoms with E-state index in [0.717, 1.165) is 0 Å². The van der Waals surface area contributed by atoms with Gasteiger partial charge in [-0.3, -0.25) is 9.69 Å². The highest BCUT2D eigenvalue weighted by Crippen LogP contribution is 2.29. The van der Waals surface area contributed by atoms with Crippen LogP contribution in [0.25, 0.3) is 0 Å². The fraction of sp³-hybridized carbons (Fsp3) is 0.381. The van der Waals surface area contributed by atoms with Gasteiger partial charge in [-0.1, -0.05) is 29.3 Å². The number of nitrogens with zero attached hydrogens (tertiary/aromatic N) is 1. The highest BCUT2D eigenvalue weighted by atomic mass is 35.5. The Morgan fingerprint density at radius 2 is 2.10 bits per heavy atom. The second-order valence-electron chi connectivity index (χ2n) is 7.30. The minimum Gasteiger partial charge on any atom is -0.495 e. The Bertz CT molecular complexity index is 876. The van der Waals surface area contributed by atoms with Crippen LogP contribution in [0.3, 0.4) is 0 Å². The molecule has 2 atom stereocenters. The Labute approximate surface area is 180 Å². The molecule has 6 nitrogen and oxygen atoms in total. The molecule has 0 spiro atoms. The molecule has 1 heterocycles. The van der Waals surface area contributed by atoms with Crippen LogP contribution in [0.15, 0.2) is 42.5 Å². The Hall–Kier alpha value is -1.99. The molecule has 156 valence electrons. The summed E-state index contributed by atoms with van der Waals surface area (Å²) in [6, 6.07) is 12.1. The molecule has 2 N–H and O–H groups in total. The van der Waals surface area contributed by atoms with E-state index in [0.29, 0.717) is 46.7 Å². The first kappa shape index (κ1) is 21.7. The first-order valence-electron chi connectivity index (χ1n) is 9.27. The third-order valence-electron chi connectivity index (χ3n) is 4.93. The first-order chi connectivity index (χ1) is 13.8. The standard InChI is InChI=1S/C21H24Cl2N2O4/c1-21(27)8-9-25(12-19(21)29-16-5-3-4-14(22)10-16)13-20(26)24-15-6-7-18(28-2)17(23)11-15/h3-7,10-11,19,27H,8-9,12-13H2,1-2H3,(H,24,26)/t19-,21-/m0/s1. The van der Waals surface area contributed by atoms with E-state index < -0.39 is 11.7 Å². The number of likely N-dealkylation sites (tertiary alicyclic amines) is 1. The van der Waals surface area contributed by atoms with Gasteiger partial charge in [-0.2, -0.15) is 0 Å². The Morgan fingerprint density at radius 1 is 1.31 bits per heavy atom. The number of halogens is 2. The molecular weight excluding hydrogens is 415 g/mol. The molecule has 1 fully saturated rings. The second-order valence-corrected chi connectivity index (χ2v) is 8.15. The molecule has 0 bridgehead atoms. The summed E-state index contributed by atoms with van der Waals surface area (Å²) in [7, 11) is 1.53. The van der Waals surface area contributed by atoms with Crippen LogP contribution >= 0.6 is 23.2 Å². The van der Waals surface area contributed by atoms with Crippen LogP contribution < -0.4 is 14.8 Å². The SMILES string of the molecule is COc1ccc(NC(=O)CN2CC[C@](C)(O)[C@@H](Oc3cccc(Cl)c3)C2)cc1Cl. The second kappa shape index (κ2) is 9.22. The van der Waals surface area contributed by atoms with E-state index in [1.165, 1.54) is 7.11 Å². The molecule has 1 aliphatic heterocycles. The number of carbonyl (C=O) groups is 1. The monoisotopic (exact) mass is 438 g/mol. The number of hydrogen-bond acceptors (Lipinski definition) is 5. The van der Waals surface area contributed by atoms with Crippen molar-refractivity contribution < 1.29 is 19.4 Å². The van der Waals surface area contributed by atoms with Gasteiger partial charge in [-0.05, 0) is 49.7 Å². The van der Waals surface area contributed by atoms with Gasteiger partial charge in [0.05, 0.1) is 18.7 Å². The predicted molar refractivity (Wildman–Crippen MR) is 114 cm³/mol. The lowest BCUT2D eigenvalue weighted by Gasteiger charge is -2.42. The van der Waals surface area contributed by atoms with Crippen LogP contribution in [0.4, 0.5) is 5.69 Å². The highest BCUT2D eigenvalue weighted by molar-refractivity contribution is 6.32. The molecule has 0 aliphatic carbocycles. The van der Waals surface area contributed by atoms with Crippen molar-refractivity contribution in [3.8, 4) is 11.5 Å². The smallest absolute Gasteiger partial charge is 0.238 e. The quantitative estimate of drug-likeness (QED) is 0.716. The number of piperidine rings is 1. The van der Waals surface area contributed by atoms with Crippen LogP contribution in [-0.4, -0.2) is 54.4 Å². The molecule has 2 aromatic carbocycles. The summed E-state index contributed by atoms with van der Waals surface area (Å²) in [6.45, 7) is 2.92. The lowest BCUT2D eigenvalue weighted by molar-refractivity contribution is -0.122. The van der Waals surface area contributed by atoms with Gasteiger partial charge in [-0.25, -0.2) is 0 Å². The number of ether oxygens (including phenoxy) is 2. The van der Waals surface area contributed by atoms with Crippen LogP contribution in [0.5, 0.6) is 11.5 Å². The van der Waals surface area contributed by atoms with Gasteiger partial charge in [-0.15, -0.1) is 0 Å². The van der Waals surface area contributed by atoms with Crippen molar-refractivity contribution in [3.63, 3.8) is 0 Å². The van der Waals surface area contributed by atoms with Crippen molar-refractivity contribution in [2.45, 2.75) is 25.0 Å². The summed E-state index contributed by atoms with van der Waals surface area (Å²) < 4.78 is 11.1. The number of carbonyl (C=O) groups excluding carboxylic acids is 1. The lowest BCUT2D eigenvalue weighted by atomic mass is 9.90. The molecule has 29 heavy (non-hydrogen) atoms. The van der Waals surface area contributed by atoms with E-state index in [1.54, 1.807) is 49.4 Å². The number of anilines is 1. The maximum absolute atomic E-state index is 12.5. The number of benzene rings is 2. The summed E-state index contributed by atoms with van der Waals surface area (Å²) in [5, 5.41) is 14.5. The molecular formula is C21H24Cl2N2O4. The Morgan fingerprint density at radius 3 is 2.79 bits per heavy atom. The van der Waals surface area contributed by atoms with Gasteiger partial charge in [0.1, 0.15) is 23.2 Å². The van der Waals surface area contributed by atoms with Gasteiger partial charge >= 0.3 is 0 Å². The lowest BCUT2D eigenvalue weighted by Crippen LogP contribution is -2.57. The number of amides is 1. The van der Waals surface area contributed by atoms with Crippen molar-refractivity contribution in [3.05, 3.63) is 52.5 Å². The fourth-order valence-corrected chi connectivity index (χ4v) is 3.67. The number of aliphatic hydroxyl groups is 1. The van der Waals surface area contributed by atoms with E-state index in [-0.39, 0.29) is 12.5 Å². The average molecular weight is 439 g/mol. The van der Waals surface area contributed by atoms with Gasteiger partial charge in [0, 0.05) is 23.8 Å². The van der Waals surface area contributed by atoms with Crippen LogP contribution in [-0.2, 0) is 4.79 Å². The number of rotatable bonds is 6.